The molecule has 1 nitrogen and oxygen atoms in total. The first-order chi connectivity index (χ1) is 9.36. The lowest BCUT2D eigenvalue weighted by molar-refractivity contribution is 0.443. The van der Waals surface area contributed by atoms with Crippen LogP contribution < -0.4 is 4.74 Å². The second kappa shape index (κ2) is 21.8. The molecule has 19 heavy (non-hydrogen) atoms. The van der Waals surface area contributed by atoms with E-state index in [9.17, 15) is 0 Å². The quantitative estimate of drug-likeness (QED) is 0.440. The Morgan fingerprint density at radius 2 is 1.32 bits per heavy atom. The Morgan fingerprint density at radius 1 is 0.842 bits per heavy atom. The van der Waals surface area contributed by atoms with Crippen LogP contribution >= 0.6 is 0 Å². The van der Waals surface area contributed by atoms with Gasteiger partial charge in [0.15, 0.2) is 0 Å². The molecule has 0 aliphatic carbocycles. The van der Waals surface area contributed by atoms with Gasteiger partial charge in [-0.05, 0) is 38.1 Å². The number of hydrogen-bond donors (Lipinski definition) is 0. The fraction of sp³-hybridized carbons (Fsp3) is 0.444. The van der Waals surface area contributed by atoms with Gasteiger partial charge in [0.25, 0.3) is 0 Å². The number of para-hydroxylation sites is 1. The lowest BCUT2D eigenvalue weighted by Gasteiger charge is -2.04. The van der Waals surface area contributed by atoms with Crippen molar-refractivity contribution in [2.75, 3.05) is 0 Å². The van der Waals surface area contributed by atoms with E-state index in [4.69, 9.17) is 4.74 Å². The first kappa shape index (κ1) is 22.7. The summed E-state index contributed by atoms with van der Waals surface area (Å²) in [5.41, 5.74) is 0. The second-order valence-corrected chi connectivity index (χ2v) is 2.61. The average molecular weight is 264 g/mol. The van der Waals surface area contributed by atoms with Crippen LogP contribution in [0.5, 0.6) is 5.75 Å². The summed E-state index contributed by atoms with van der Waals surface area (Å²) in [5, 5.41) is 0. The van der Waals surface area contributed by atoms with Crippen LogP contribution in [0.1, 0.15) is 55.4 Å². The molecule has 0 saturated heterocycles. The highest BCUT2D eigenvalue weighted by Gasteiger charge is 1.92. The predicted molar refractivity (Wildman–Crippen MR) is 89.7 cm³/mol. The third-order valence-corrected chi connectivity index (χ3v) is 1.59. The van der Waals surface area contributed by atoms with Crippen molar-refractivity contribution in [3.05, 3.63) is 54.3 Å². The monoisotopic (exact) mass is 264 g/mol. The van der Waals surface area contributed by atoms with E-state index in [0.717, 1.165) is 11.5 Å². The van der Waals surface area contributed by atoms with Crippen molar-refractivity contribution in [2.24, 2.45) is 0 Å². The Morgan fingerprint density at radius 3 is 1.68 bits per heavy atom. The Balaban J connectivity index is -0.000000375. The summed E-state index contributed by atoms with van der Waals surface area (Å²) in [6.07, 6.45) is 5.83. The number of allylic oxidation sites excluding steroid dienone is 3. The summed E-state index contributed by atoms with van der Waals surface area (Å²) in [4.78, 5) is 0. The highest BCUT2D eigenvalue weighted by molar-refractivity contribution is 5.25. The fourth-order valence-corrected chi connectivity index (χ4v) is 0.978. The van der Waals surface area contributed by atoms with E-state index < -0.39 is 0 Å². The molecule has 0 unspecified atom stereocenters. The molecule has 0 atom stereocenters. The van der Waals surface area contributed by atoms with E-state index >= 15 is 0 Å². The van der Waals surface area contributed by atoms with Gasteiger partial charge in [0.2, 0.25) is 0 Å². The first-order valence-electron chi connectivity index (χ1n) is 7.38. The fourth-order valence-electron chi connectivity index (χ4n) is 0.978. The maximum atomic E-state index is 5.58. The largest absolute Gasteiger partial charge is 0.458 e. The molecule has 1 aromatic carbocycles. The maximum absolute atomic E-state index is 5.58. The third-order valence-electron chi connectivity index (χ3n) is 1.59. The molecule has 0 heterocycles. The number of rotatable bonds is 3. The lowest BCUT2D eigenvalue weighted by atomic mass is 10.3. The van der Waals surface area contributed by atoms with Crippen LogP contribution in [-0.2, 0) is 0 Å². The third kappa shape index (κ3) is 14.4. The maximum Gasteiger partial charge on any atom is 0.127 e. The number of hydrogen-bond acceptors (Lipinski definition) is 1. The van der Waals surface area contributed by atoms with Crippen molar-refractivity contribution >= 4 is 0 Å². The molecule has 1 rings (SSSR count). The molecule has 0 amide bonds. The minimum Gasteiger partial charge on any atom is -0.458 e. The summed E-state index contributed by atoms with van der Waals surface area (Å²) in [6, 6.07) is 9.76. The molecule has 0 aliphatic rings. The van der Waals surface area contributed by atoms with Gasteiger partial charge in [-0.3, -0.25) is 0 Å². The van der Waals surface area contributed by atoms with Crippen LogP contribution in [0.2, 0.25) is 0 Å². The van der Waals surface area contributed by atoms with Crippen LogP contribution in [0, 0.1) is 0 Å². The van der Waals surface area contributed by atoms with Crippen molar-refractivity contribution in [1.82, 2.24) is 0 Å². The van der Waals surface area contributed by atoms with E-state index in [1.165, 1.54) is 0 Å². The van der Waals surface area contributed by atoms with Gasteiger partial charge in [0.05, 0.1) is 0 Å². The van der Waals surface area contributed by atoms with E-state index in [2.05, 4.69) is 0 Å². The molecule has 110 valence electrons. The minimum atomic E-state index is 0.869. The van der Waals surface area contributed by atoms with Gasteiger partial charge in [0, 0.05) is 0 Å². The van der Waals surface area contributed by atoms with E-state index in [0.29, 0.717) is 0 Å². The van der Waals surface area contributed by atoms with Crippen molar-refractivity contribution in [3.8, 4) is 5.75 Å². The van der Waals surface area contributed by atoms with E-state index in [1.807, 2.05) is 104 Å². The Kier molecular flexibility index (Phi) is 25.9. The zero-order valence-electron chi connectivity index (χ0n) is 14.0. The average Bonchev–Trinajstić information content (AvgIpc) is 2.54. The summed E-state index contributed by atoms with van der Waals surface area (Å²) in [6.45, 7) is 15.9. The van der Waals surface area contributed by atoms with Crippen molar-refractivity contribution < 1.29 is 4.74 Å². The number of ether oxygens (including phenoxy) is 1. The minimum absolute atomic E-state index is 0.869. The molecule has 0 fully saturated rings. The molecule has 0 aromatic heterocycles. The zero-order chi connectivity index (χ0) is 15.5. The van der Waals surface area contributed by atoms with Crippen LogP contribution in [0.25, 0.3) is 0 Å². The Labute approximate surface area is 121 Å². The van der Waals surface area contributed by atoms with Crippen LogP contribution in [-0.4, -0.2) is 0 Å². The van der Waals surface area contributed by atoms with Crippen LogP contribution in [0.3, 0.4) is 0 Å². The molecule has 0 bridgehead atoms. The van der Waals surface area contributed by atoms with Gasteiger partial charge >= 0.3 is 0 Å². The van der Waals surface area contributed by atoms with Gasteiger partial charge in [-0.1, -0.05) is 65.8 Å². The standard InChI is InChI=1S/C12H14O.3C2H6/c1-3-8-11(4-2)13-12-9-6-5-7-10-12;3*1-2/h3-10H,1-2H3;3*1-2H3/b8-3-,11-4+;;;. The smallest absolute Gasteiger partial charge is 0.127 e. The molecular weight excluding hydrogens is 232 g/mol. The van der Waals surface area contributed by atoms with Gasteiger partial charge in [0.1, 0.15) is 11.5 Å². The summed E-state index contributed by atoms with van der Waals surface area (Å²) in [5.74, 6) is 1.74. The van der Waals surface area contributed by atoms with Crippen molar-refractivity contribution in [2.45, 2.75) is 55.4 Å². The normalized spacial score (nSPS) is 9.16. The van der Waals surface area contributed by atoms with Gasteiger partial charge < -0.3 is 4.74 Å². The summed E-state index contributed by atoms with van der Waals surface area (Å²) in [7, 11) is 0. The molecule has 1 aromatic rings. The second-order valence-electron chi connectivity index (χ2n) is 2.61. The van der Waals surface area contributed by atoms with E-state index in [-0.39, 0.29) is 0 Å². The highest BCUT2D eigenvalue weighted by Crippen LogP contribution is 2.13. The van der Waals surface area contributed by atoms with Gasteiger partial charge in [-0.25, -0.2) is 0 Å². The van der Waals surface area contributed by atoms with Gasteiger partial charge in [-0.15, -0.1) is 0 Å². The van der Waals surface area contributed by atoms with Crippen LogP contribution in [0.4, 0.5) is 0 Å². The zero-order valence-corrected chi connectivity index (χ0v) is 14.0. The molecular formula is C18H32O. The Bertz CT molecular complexity index is 297. The molecule has 0 saturated carbocycles. The SMILES string of the molecule is C/C=C\C(=C/C)Oc1ccccc1.CC.CC.CC. The number of benzene rings is 1. The molecule has 1 heteroatoms. The van der Waals surface area contributed by atoms with Crippen LogP contribution in [0.15, 0.2) is 54.3 Å². The van der Waals surface area contributed by atoms with E-state index in [1.54, 1.807) is 0 Å². The summed E-state index contributed by atoms with van der Waals surface area (Å²) >= 11 is 0. The highest BCUT2D eigenvalue weighted by atomic mass is 16.5. The Hall–Kier alpha value is -1.50. The molecule has 0 N–H and O–H groups in total. The summed E-state index contributed by atoms with van der Waals surface area (Å²) < 4.78 is 5.58. The molecule has 0 spiro atoms. The lowest BCUT2D eigenvalue weighted by Crippen LogP contribution is -1.90. The molecule has 0 aliphatic heterocycles. The van der Waals surface area contributed by atoms with Gasteiger partial charge in [-0.2, -0.15) is 0 Å². The topological polar surface area (TPSA) is 9.23 Å². The predicted octanol–water partition coefficient (Wildman–Crippen LogP) is 6.62. The molecule has 0 radical (unpaired) electrons. The first-order valence-corrected chi connectivity index (χ1v) is 7.38. The van der Waals surface area contributed by atoms with Crippen molar-refractivity contribution in [1.29, 1.82) is 0 Å². The van der Waals surface area contributed by atoms with Crippen molar-refractivity contribution in [3.63, 3.8) is 0 Å².